The van der Waals surface area contributed by atoms with E-state index in [2.05, 4.69) is 5.32 Å². The summed E-state index contributed by atoms with van der Waals surface area (Å²) in [4.78, 5) is 11.8. The van der Waals surface area contributed by atoms with Gasteiger partial charge in [-0.25, -0.2) is 8.42 Å². The number of nitrogens with zero attached hydrogens (tertiary/aromatic N) is 1. The first-order chi connectivity index (χ1) is 8.88. The maximum absolute atomic E-state index is 11.8. The van der Waals surface area contributed by atoms with Crippen molar-refractivity contribution in [2.75, 3.05) is 11.1 Å². The molecule has 0 aromatic heterocycles. The smallest absolute Gasteiger partial charge is 0.242 e. The minimum absolute atomic E-state index is 0.133. The van der Waals surface area contributed by atoms with Crippen LogP contribution < -0.4 is 5.32 Å². The summed E-state index contributed by atoms with van der Waals surface area (Å²) in [5, 5.41) is 9.95. The number of anilines is 1. The topological polar surface area (TPSA) is 87.0 Å². The number of halogens is 1. The number of hydrogen-bond donors (Lipinski definition) is 1. The number of sulfone groups is 1. The normalized spacial score (nSPS) is 12.5. The van der Waals surface area contributed by atoms with E-state index >= 15 is 0 Å². The lowest BCUT2D eigenvalue weighted by atomic mass is 10.3. The Bertz CT molecular complexity index is 608. The maximum Gasteiger partial charge on any atom is 0.242 e. The zero-order chi connectivity index (χ0) is 14.5. The second-order valence-electron chi connectivity index (χ2n) is 3.89. The van der Waals surface area contributed by atoms with E-state index in [4.69, 9.17) is 16.9 Å². The molecule has 0 saturated heterocycles. The monoisotopic (exact) mass is 300 g/mol. The Morgan fingerprint density at radius 3 is 2.68 bits per heavy atom. The Morgan fingerprint density at radius 2 is 2.11 bits per heavy atom. The summed E-state index contributed by atoms with van der Waals surface area (Å²) < 4.78 is 23.5. The number of carbonyl (C=O) groups excluding carboxylic acids is 1. The highest BCUT2D eigenvalue weighted by molar-refractivity contribution is 7.92. The van der Waals surface area contributed by atoms with Crippen LogP contribution in [0.15, 0.2) is 24.3 Å². The maximum atomic E-state index is 11.8. The van der Waals surface area contributed by atoms with E-state index in [-0.39, 0.29) is 12.2 Å². The van der Waals surface area contributed by atoms with Gasteiger partial charge in [-0.05, 0) is 19.1 Å². The highest BCUT2D eigenvalue weighted by Gasteiger charge is 2.27. The molecule has 1 rings (SSSR count). The lowest BCUT2D eigenvalue weighted by molar-refractivity contribution is -0.115. The molecule has 1 amide bonds. The average Bonchev–Trinajstić information content (AvgIpc) is 2.38. The first-order valence-electron chi connectivity index (χ1n) is 5.52. The number of benzene rings is 1. The molecule has 0 aliphatic carbocycles. The molecular formula is C12H13ClN2O3S. The Balaban J connectivity index is 2.79. The SMILES string of the molecule is CC(C(=O)Nc1ccccc1Cl)S(=O)(=O)CCC#N. The molecule has 0 aliphatic heterocycles. The first kappa shape index (κ1) is 15.5. The van der Waals surface area contributed by atoms with Gasteiger partial charge in [-0.15, -0.1) is 0 Å². The van der Waals surface area contributed by atoms with Crippen LogP contribution in [0.25, 0.3) is 0 Å². The van der Waals surface area contributed by atoms with E-state index in [1.807, 2.05) is 0 Å². The van der Waals surface area contributed by atoms with E-state index in [0.29, 0.717) is 10.7 Å². The van der Waals surface area contributed by atoms with E-state index < -0.39 is 21.0 Å². The summed E-state index contributed by atoms with van der Waals surface area (Å²) in [5.41, 5.74) is 0.358. The van der Waals surface area contributed by atoms with Gasteiger partial charge in [0.15, 0.2) is 9.84 Å². The fourth-order valence-electron chi connectivity index (χ4n) is 1.32. The molecule has 0 aliphatic rings. The lowest BCUT2D eigenvalue weighted by Crippen LogP contribution is -2.34. The summed E-state index contributed by atoms with van der Waals surface area (Å²) >= 11 is 5.86. The van der Waals surface area contributed by atoms with Crippen molar-refractivity contribution >= 4 is 33.0 Å². The molecule has 0 heterocycles. The number of para-hydroxylation sites is 1. The van der Waals surface area contributed by atoms with Crippen LogP contribution in [0.4, 0.5) is 5.69 Å². The van der Waals surface area contributed by atoms with Crippen LogP contribution in [0.1, 0.15) is 13.3 Å². The standard InChI is InChI=1S/C12H13ClN2O3S/c1-9(19(17,18)8-4-7-14)12(16)15-11-6-3-2-5-10(11)13/h2-3,5-6,9H,4,8H2,1H3,(H,15,16). The van der Waals surface area contributed by atoms with Crippen LogP contribution in [-0.2, 0) is 14.6 Å². The van der Waals surface area contributed by atoms with Gasteiger partial charge >= 0.3 is 0 Å². The molecular weight excluding hydrogens is 288 g/mol. The highest BCUT2D eigenvalue weighted by Crippen LogP contribution is 2.21. The molecule has 19 heavy (non-hydrogen) atoms. The fourth-order valence-corrected chi connectivity index (χ4v) is 2.62. The van der Waals surface area contributed by atoms with Gasteiger partial charge in [-0.1, -0.05) is 23.7 Å². The molecule has 5 nitrogen and oxygen atoms in total. The summed E-state index contributed by atoms with van der Waals surface area (Å²) in [6.45, 7) is 1.29. The first-order valence-corrected chi connectivity index (χ1v) is 7.61. The predicted octanol–water partition coefficient (Wildman–Crippen LogP) is 2.00. The van der Waals surface area contributed by atoms with Gasteiger partial charge < -0.3 is 5.32 Å². The molecule has 0 saturated carbocycles. The average molecular weight is 301 g/mol. The molecule has 0 fully saturated rings. The predicted molar refractivity (Wildman–Crippen MR) is 73.6 cm³/mol. The van der Waals surface area contributed by atoms with Gasteiger partial charge in [0, 0.05) is 6.42 Å². The number of nitriles is 1. The molecule has 1 unspecified atom stereocenters. The minimum atomic E-state index is -3.63. The second-order valence-corrected chi connectivity index (χ2v) is 6.73. The zero-order valence-corrected chi connectivity index (χ0v) is 11.8. The molecule has 0 radical (unpaired) electrons. The summed E-state index contributed by atoms with van der Waals surface area (Å²) in [7, 11) is -3.63. The summed E-state index contributed by atoms with van der Waals surface area (Å²) in [5.74, 6) is -0.994. The highest BCUT2D eigenvalue weighted by atomic mass is 35.5. The number of nitrogens with one attached hydrogen (secondary N) is 1. The Labute approximate surface area is 117 Å². The zero-order valence-electron chi connectivity index (χ0n) is 10.3. The quantitative estimate of drug-likeness (QED) is 0.901. The van der Waals surface area contributed by atoms with Gasteiger partial charge in [-0.3, -0.25) is 4.79 Å². The third kappa shape index (κ3) is 4.23. The van der Waals surface area contributed by atoms with E-state index in [9.17, 15) is 13.2 Å². The van der Waals surface area contributed by atoms with Gasteiger partial charge in [0.05, 0.1) is 22.5 Å². The van der Waals surface area contributed by atoms with E-state index in [0.717, 1.165) is 0 Å². The summed E-state index contributed by atoms with van der Waals surface area (Å²) in [6, 6.07) is 8.29. The van der Waals surface area contributed by atoms with Crippen LogP contribution in [0.2, 0.25) is 5.02 Å². The van der Waals surface area contributed by atoms with Crippen molar-refractivity contribution in [3.05, 3.63) is 29.3 Å². The number of carbonyl (C=O) groups is 1. The lowest BCUT2D eigenvalue weighted by Gasteiger charge is -2.13. The molecule has 0 spiro atoms. The number of amides is 1. The fraction of sp³-hybridized carbons (Fsp3) is 0.333. The molecule has 1 N–H and O–H groups in total. The van der Waals surface area contributed by atoms with Gasteiger partial charge in [0.2, 0.25) is 5.91 Å². The van der Waals surface area contributed by atoms with Gasteiger partial charge in [0.1, 0.15) is 5.25 Å². The van der Waals surface area contributed by atoms with Crippen molar-refractivity contribution in [3.63, 3.8) is 0 Å². The molecule has 7 heteroatoms. The van der Waals surface area contributed by atoms with Crippen molar-refractivity contribution in [1.29, 1.82) is 5.26 Å². The van der Waals surface area contributed by atoms with Crippen molar-refractivity contribution < 1.29 is 13.2 Å². The number of hydrogen-bond acceptors (Lipinski definition) is 4. The Kier molecular flexibility index (Phi) is 5.33. The molecule has 102 valence electrons. The van der Waals surface area contributed by atoms with E-state index in [1.54, 1.807) is 30.3 Å². The van der Waals surface area contributed by atoms with Crippen molar-refractivity contribution in [2.45, 2.75) is 18.6 Å². The van der Waals surface area contributed by atoms with Crippen LogP contribution in [0.3, 0.4) is 0 Å². The van der Waals surface area contributed by atoms with Crippen molar-refractivity contribution in [3.8, 4) is 6.07 Å². The van der Waals surface area contributed by atoms with Crippen LogP contribution in [0.5, 0.6) is 0 Å². The molecule has 1 aromatic rings. The molecule has 1 aromatic carbocycles. The van der Waals surface area contributed by atoms with Crippen LogP contribution >= 0.6 is 11.6 Å². The largest absolute Gasteiger partial charge is 0.324 e. The second kappa shape index (κ2) is 6.55. The minimum Gasteiger partial charge on any atom is -0.324 e. The third-order valence-corrected chi connectivity index (χ3v) is 4.93. The van der Waals surface area contributed by atoms with Crippen LogP contribution in [0, 0.1) is 11.3 Å². The van der Waals surface area contributed by atoms with Gasteiger partial charge in [0.25, 0.3) is 0 Å². The number of rotatable bonds is 5. The van der Waals surface area contributed by atoms with Crippen molar-refractivity contribution in [1.82, 2.24) is 0 Å². The van der Waals surface area contributed by atoms with Gasteiger partial charge in [-0.2, -0.15) is 5.26 Å². The van der Waals surface area contributed by atoms with Crippen molar-refractivity contribution in [2.24, 2.45) is 0 Å². The Morgan fingerprint density at radius 1 is 1.47 bits per heavy atom. The van der Waals surface area contributed by atoms with Crippen LogP contribution in [-0.4, -0.2) is 25.3 Å². The molecule has 1 atom stereocenters. The van der Waals surface area contributed by atoms with E-state index in [1.165, 1.54) is 6.92 Å². The molecule has 0 bridgehead atoms. The third-order valence-electron chi connectivity index (χ3n) is 2.54. The summed E-state index contributed by atoms with van der Waals surface area (Å²) in [6.07, 6.45) is -0.133. The Hall–Kier alpha value is -1.58.